The van der Waals surface area contributed by atoms with Gasteiger partial charge in [0.1, 0.15) is 12.5 Å². The molecule has 39 heavy (non-hydrogen) atoms. The molecule has 2 aliphatic heterocycles. The highest BCUT2D eigenvalue weighted by Crippen LogP contribution is 2.57. The van der Waals surface area contributed by atoms with Crippen molar-refractivity contribution in [2.24, 2.45) is 0 Å². The van der Waals surface area contributed by atoms with Gasteiger partial charge in [-0.2, -0.15) is 13.2 Å². The first-order valence-electron chi connectivity index (χ1n) is 11.4. The van der Waals surface area contributed by atoms with Gasteiger partial charge in [-0.1, -0.05) is 23.7 Å². The van der Waals surface area contributed by atoms with E-state index in [1.54, 1.807) is 24.3 Å². The first-order chi connectivity index (χ1) is 18.2. The summed E-state index contributed by atoms with van der Waals surface area (Å²) in [6.07, 6.45) is -12.2. The van der Waals surface area contributed by atoms with Gasteiger partial charge in [-0.3, -0.25) is 32.7 Å². The van der Waals surface area contributed by atoms with Crippen LogP contribution in [0.5, 0.6) is 0 Å². The van der Waals surface area contributed by atoms with Crippen LogP contribution >= 0.6 is 19.4 Å². The number of carbonyl (C=O) groups excluding carboxylic acids is 1. The number of hydrogen-bond donors (Lipinski definition) is 1. The van der Waals surface area contributed by atoms with E-state index in [0.29, 0.717) is 15.2 Å². The summed E-state index contributed by atoms with van der Waals surface area (Å²) in [5.74, 6) is -1.82. The fourth-order valence-electron chi connectivity index (χ4n) is 4.17. The molecule has 3 heterocycles. The fraction of sp³-hybridized carbons (Fsp3) is 0.500. The van der Waals surface area contributed by atoms with Crippen LogP contribution in [0.3, 0.4) is 0 Å². The summed E-state index contributed by atoms with van der Waals surface area (Å²) in [5.41, 5.74) is -4.15. The lowest BCUT2D eigenvalue weighted by atomic mass is 9.98. The van der Waals surface area contributed by atoms with Gasteiger partial charge < -0.3 is 9.47 Å². The molecule has 1 aromatic carbocycles. The molecule has 17 heteroatoms. The van der Waals surface area contributed by atoms with E-state index in [4.69, 9.17) is 34.6 Å². The number of phosphoric ester groups is 1. The van der Waals surface area contributed by atoms with Crippen LogP contribution < -0.4 is 11.2 Å². The maximum Gasteiger partial charge on any atom is 0.475 e. The van der Waals surface area contributed by atoms with E-state index in [9.17, 15) is 32.1 Å². The summed E-state index contributed by atoms with van der Waals surface area (Å²) in [5, 5.41) is 0.395. The number of hydrogen-bond acceptors (Lipinski definition) is 9. The van der Waals surface area contributed by atoms with Gasteiger partial charge in [0.25, 0.3) is 5.56 Å². The van der Waals surface area contributed by atoms with Gasteiger partial charge in [0.2, 0.25) is 0 Å². The zero-order chi connectivity index (χ0) is 28.6. The third-order valence-corrected chi connectivity index (χ3v) is 7.60. The Labute approximate surface area is 222 Å². The number of ether oxygens (including phenoxy) is 2. The first kappa shape index (κ1) is 29.4. The number of phosphoric acid groups is 1. The van der Waals surface area contributed by atoms with Crippen molar-refractivity contribution in [3.05, 3.63) is 68.0 Å². The van der Waals surface area contributed by atoms with Gasteiger partial charge in [0.05, 0.1) is 19.3 Å². The van der Waals surface area contributed by atoms with Crippen molar-refractivity contribution < 1.29 is 50.0 Å². The highest BCUT2D eigenvalue weighted by atomic mass is 35.5. The molecule has 214 valence electrons. The van der Waals surface area contributed by atoms with Crippen molar-refractivity contribution in [2.45, 2.75) is 56.2 Å². The van der Waals surface area contributed by atoms with Gasteiger partial charge in [0.15, 0.2) is 18.0 Å². The molecule has 0 saturated carbocycles. The summed E-state index contributed by atoms with van der Waals surface area (Å²) >= 11 is 6.00. The summed E-state index contributed by atoms with van der Waals surface area (Å²) in [6, 6.07) is 7.40. The van der Waals surface area contributed by atoms with Crippen molar-refractivity contribution in [1.82, 2.24) is 9.55 Å². The highest BCUT2D eigenvalue weighted by Gasteiger charge is 2.59. The van der Waals surface area contributed by atoms with Crippen molar-refractivity contribution >= 4 is 25.4 Å². The maximum absolute atomic E-state index is 16.0. The van der Waals surface area contributed by atoms with E-state index in [0.717, 1.165) is 19.2 Å². The minimum atomic E-state index is -4.95. The molecule has 0 aliphatic carbocycles. The van der Waals surface area contributed by atoms with Crippen LogP contribution in [0, 0.1) is 0 Å². The Balaban J connectivity index is 1.56. The minimum Gasteiger partial charge on any atom is -0.456 e. The largest absolute Gasteiger partial charge is 0.475 e. The van der Waals surface area contributed by atoms with E-state index >= 15 is 4.39 Å². The summed E-state index contributed by atoms with van der Waals surface area (Å²) in [6.45, 7) is -0.0799. The number of alkyl halides is 4. The second-order valence-corrected chi connectivity index (χ2v) is 11.0. The molecule has 1 aromatic heterocycles. The Kier molecular flexibility index (Phi) is 8.41. The van der Waals surface area contributed by atoms with Gasteiger partial charge in [0, 0.05) is 23.7 Å². The maximum atomic E-state index is 16.0. The number of esters is 1. The predicted octanol–water partition coefficient (Wildman–Crippen LogP) is 3.98. The molecule has 1 N–H and O–H groups in total. The zero-order valence-corrected chi connectivity index (χ0v) is 21.7. The number of aromatic amines is 1. The third-order valence-electron chi connectivity index (χ3n) is 5.89. The third kappa shape index (κ3) is 6.97. The molecule has 2 unspecified atom stereocenters. The Morgan fingerprint density at radius 3 is 2.72 bits per heavy atom. The SMILES string of the molecule is C[C@@]1(F)[C@H](OC(=O)CC(F)(F)F)[C@@H](COP2(=O)OCCC(c3cccc(Cl)c3)O2)O[C@H]1n1ccc(=O)[nH]c1=O. The number of carbonyl (C=O) groups is 1. The number of halogens is 5. The van der Waals surface area contributed by atoms with Gasteiger partial charge in [-0.05, 0) is 24.6 Å². The number of nitrogens with one attached hydrogen (secondary N) is 1. The van der Waals surface area contributed by atoms with E-state index in [1.807, 2.05) is 4.98 Å². The van der Waals surface area contributed by atoms with Crippen LogP contribution in [-0.4, -0.2) is 52.8 Å². The van der Waals surface area contributed by atoms with E-state index in [-0.39, 0.29) is 13.0 Å². The molecular weight excluding hydrogens is 579 g/mol. The number of benzene rings is 1. The molecule has 0 spiro atoms. The van der Waals surface area contributed by atoms with Crippen LogP contribution in [0.2, 0.25) is 5.02 Å². The van der Waals surface area contributed by atoms with Crippen LogP contribution in [0.25, 0.3) is 0 Å². The Morgan fingerprint density at radius 2 is 2.05 bits per heavy atom. The smallest absolute Gasteiger partial charge is 0.456 e. The van der Waals surface area contributed by atoms with Gasteiger partial charge in [-0.15, -0.1) is 0 Å². The zero-order valence-electron chi connectivity index (χ0n) is 20.1. The normalized spacial score (nSPS) is 31.2. The minimum absolute atomic E-state index is 0.0692. The van der Waals surface area contributed by atoms with Crippen molar-refractivity contribution in [3.8, 4) is 0 Å². The highest BCUT2D eigenvalue weighted by molar-refractivity contribution is 7.48. The number of aromatic nitrogens is 2. The lowest BCUT2D eigenvalue weighted by Gasteiger charge is -2.30. The Bertz CT molecular complexity index is 1380. The molecule has 2 aromatic rings. The molecule has 11 nitrogen and oxygen atoms in total. The van der Waals surface area contributed by atoms with E-state index in [2.05, 4.69) is 0 Å². The molecule has 4 rings (SSSR count). The molecule has 2 fully saturated rings. The van der Waals surface area contributed by atoms with E-state index < -0.39 is 74.5 Å². The molecule has 0 bridgehead atoms. The number of nitrogens with zero attached hydrogens (tertiary/aromatic N) is 1. The molecule has 6 atom stereocenters. The standard InChI is InChI=1S/C22H22ClF4N2O9P/c1-21(24)18(37-17(31)10-22(25,26)27)15(36-19(21)29-7-5-16(30)28-20(29)32)11-35-39(33)34-8-6-14(38-39)12-3-2-4-13(23)9-12/h2-5,7,9,14-15,18-19H,6,8,10-11H2,1H3,(H,28,30,32)/t14?,15-,18-,19-,21-,39?/m1/s1. The van der Waals surface area contributed by atoms with Crippen LogP contribution in [-0.2, 0) is 32.4 Å². The lowest BCUT2D eigenvalue weighted by Crippen LogP contribution is -2.46. The van der Waals surface area contributed by atoms with Crippen LogP contribution in [0.1, 0.15) is 37.7 Å². The van der Waals surface area contributed by atoms with Crippen molar-refractivity contribution in [1.29, 1.82) is 0 Å². The van der Waals surface area contributed by atoms with Crippen LogP contribution in [0.15, 0.2) is 46.1 Å². The first-order valence-corrected chi connectivity index (χ1v) is 13.3. The van der Waals surface area contributed by atoms with Gasteiger partial charge >= 0.3 is 25.7 Å². The van der Waals surface area contributed by atoms with Gasteiger partial charge in [-0.25, -0.2) is 13.8 Å². The molecular formula is C22H22ClF4N2O9P. The molecule has 0 radical (unpaired) electrons. The van der Waals surface area contributed by atoms with Crippen molar-refractivity contribution in [2.75, 3.05) is 13.2 Å². The number of H-pyrrole nitrogens is 1. The second-order valence-electron chi connectivity index (χ2n) is 8.91. The molecule has 2 saturated heterocycles. The Hall–Kier alpha value is -2.55. The average Bonchev–Trinajstić information content (AvgIpc) is 3.06. The van der Waals surface area contributed by atoms with E-state index in [1.165, 1.54) is 0 Å². The predicted molar refractivity (Wildman–Crippen MR) is 125 cm³/mol. The second kappa shape index (κ2) is 11.1. The summed E-state index contributed by atoms with van der Waals surface area (Å²) in [7, 11) is -4.33. The average molecular weight is 601 g/mol. The fourth-order valence-corrected chi connectivity index (χ4v) is 5.76. The summed E-state index contributed by atoms with van der Waals surface area (Å²) in [4.78, 5) is 37.5. The lowest BCUT2D eigenvalue weighted by molar-refractivity contribution is -0.182. The Morgan fingerprint density at radius 1 is 1.31 bits per heavy atom. The topological polar surface area (TPSA) is 135 Å². The summed E-state index contributed by atoms with van der Waals surface area (Å²) < 4.78 is 94.3. The molecule has 2 aliphatic rings. The quantitative estimate of drug-likeness (QED) is 0.284. The van der Waals surface area contributed by atoms with Crippen molar-refractivity contribution in [3.63, 3.8) is 0 Å². The number of rotatable bonds is 7. The monoisotopic (exact) mass is 600 g/mol. The van der Waals surface area contributed by atoms with Crippen LogP contribution in [0.4, 0.5) is 17.6 Å². The molecule has 0 amide bonds.